The fraction of sp³-hybridized carbons (Fsp3) is 0.474. The van der Waals surface area contributed by atoms with E-state index < -0.39 is 0 Å². The number of Topliss-reactive ketones (excluding diaryl/α,β-unsaturated/α-hetero) is 1. The number of hydrogen-bond acceptors (Lipinski definition) is 5. The third-order valence-corrected chi connectivity index (χ3v) is 3.99. The van der Waals surface area contributed by atoms with Gasteiger partial charge in [-0.15, -0.1) is 0 Å². The van der Waals surface area contributed by atoms with Gasteiger partial charge in [-0.25, -0.2) is 0 Å². The zero-order valence-electron chi connectivity index (χ0n) is 14.6. The molecule has 0 unspecified atom stereocenters. The van der Waals surface area contributed by atoms with Crippen molar-refractivity contribution in [1.82, 2.24) is 4.90 Å². The minimum Gasteiger partial charge on any atom is -0.457 e. The van der Waals surface area contributed by atoms with Crippen LogP contribution < -0.4 is 4.74 Å². The Bertz CT molecular complexity index is 604. The van der Waals surface area contributed by atoms with Crippen LogP contribution in [0.2, 0.25) is 0 Å². The minimum absolute atomic E-state index is 0.0855. The first-order valence-corrected chi connectivity index (χ1v) is 8.27. The average molecular weight is 331 g/mol. The molecule has 1 aliphatic carbocycles. The summed E-state index contributed by atoms with van der Waals surface area (Å²) in [6.07, 6.45) is 4.05. The standard InChI is InChI=1S/C19H25NO4/c1-4-18(21)24-13-23-17-9-5-14(6-10-17)11-15-7-8-16(19(15)22)12-20(2)3/h5-6,9-11,16H,4,7-8,12-13H2,1-3H3/b15-11-/t16-/m0/s1. The van der Waals surface area contributed by atoms with E-state index in [0.717, 1.165) is 30.5 Å². The number of carbonyl (C=O) groups excluding carboxylic acids is 2. The molecule has 130 valence electrons. The summed E-state index contributed by atoms with van der Waals surface area (Å²) in [6.45, 7) is 2.45. The summed E-state index contributed by atoms with van der Waals surface area (Å²) in [5.41, 5.74) is 1.87. The van der Waals surface area contributed by atoms with Crippen LogP contribution in [0.5, 0.6) is 5.75 Å². The van der Waals surface area contributed by atoms with Crippen LogP contribution in [0.3, 0.4) is 0 Å². The maximum absolute atomic E-state index is 12.4. The van der Waals surface area contributed by atoms with Crippen molar-refractivity contribution in [1.29, 1.82) is 0 Å². The fourth-order valence-electron chi connectivity index (χ4n) is 2.73. The molecule has 0 heterocycles. The van der Waals surface area contributed by atoms with Gasteiger partial charge in [0.05, 0.1) is 0 Å². The monoisotopic (exact) mass is 331 g/mol. The Balaban J connectivity index is 1.91. The topological polar surface area (TPSA) is 55.8 Å². The van der Waals surface area contributed by atoms with Gasteiger partial charge in [0.2, 0.25) is 6.79 Å². The van der Waals surface area contributed by atoms with Crippen molar-refractivity contribution in [3.8, 4) is 5.75 Å². The van der Waals surface area contributed by atoms with Crippen molar-refractivity contribution >= 4 is 17.8 Å². The van der Waals surface area contributed by atoms with Crippen LogP contribution in [0, 0.1) is 5.92 Å². The molecule has 0 radical (unpaired) electrons. The molecule has 0 aliphatic heterocycles. The first-order valence-electron chi connectivity index (χ1n) is 8.27. The molecule has 1 aliphatic rings. The van der Waals surface area contributed by atoms with E-state index >= 15 is 0 Å². The number of ether oxygens (including phenoxy) is 2. The van der Waals surface area contributed by atoms with Gasteiger partial charge in [-0.05, 0) is 56.3 Å². The number of rotatable bonds is 7. The molecule has 1 aromatic rings. The molecule has 5 heteroatoms. The molecule has 0 N–H and O–H groups in total. The predicted octanol–water partition coefficient (Wildman–Crippen LogP) is 2.90. The lowest BCUT2D eigenvalue weighted by Crippen LogP contribution is -2.24. The van der Waals surface area contributed by atoms with Gasteiger partial charge < -0.3 is 14.4 Å². The van der Waals surface area contributed by atoms with Crippen molar-refractivity contribution in [2.24, 2.45) is 5.92 Å². The van der Waals surface area contributed by atoms with Gasteiger partial charge in [0, 0.05) is 18.9 Å². The number of benzene rings is 1. The van der Waals surface area contributed by atoms with Crippen molar-refractivity contribution < 1.29 is 19.1 Å². The second kappa shape index (κ2) is 8.64. The molecule has 1 aromatic carbocycles. The smallest absolute Gasteiger partial charge is 0.308 e. The van der Waals surface area contributed by atoms with Crippen LogP contribution in [0.15, 0.2) is 29.8 Å². The highest BCUT2D eigenvalue weighted by atomic mass is 16.7. The van der Waals surface area contributed by atoms with Crippen LogP contribution in [-0.4, -0.2) is 44.1 Å². The van der Waals surface area contributed by atoms with E-state index in [2.05, 4.69) is 4.90 Å². The van der Waals surface area contributed by atoms with Gasteiger partial charge in [-0.3, -0.25) is 9.59 Å². The van der Waals surface area contributed by atoms with E-state index in [1.807, 2.05) is 44.4 Å². The Hall–Kier alpha value is -2.14. The summed E-state index contributed by atoms with van der Waals surface area (Å²) in [7, 11) is 3.98. The number of nitrogens with zero attached hydrogens (tertiary/aromatic N) is 1. The molecule has 5 nitrogen and oxygen atoms in total. The third kappa shape index (κ3) is 5.20. The third-order valence-electron chi connectivity index (χ3n) is 3.99. The summed E-state index contributed by atoms with van der Waals surface area (Å²) in [5, 5.41) is 0. The van der Waals surface area contributed by atoms with Crippen LogP contribution in [0.1, 0.15) is 31.7 Å². The molecule has 1 fully saturated rings. The highest BCUT2D eigenvalue weighted by Crippen LogP contribution is 2.29. The summed E-state index contributed by atoms with van der Waals surface area (Å²) in [4.78, 5) is 25.5. The van der Waals surface area contributed by atoms with Crippen molar-refractivity contribution in [2.45, 2.75) is 26.2 Å². The van der Waals surface area contributed by atoms with Crippen LogP contribution >= 0.6 is 0 Å². The van der Waals surface area contributed by atoms with E-state index in [1.54, 1.807) is 6.92 Å². The number of hydrogen-bond donors (Lipinski definition) is 0. The van der Waals surface area contributed by atoms with Crippen LogP contribution in [0.4, 0.5) is 0 Å². The number of allylic oxidation sites excluding steroid dienone is 1. The average Bonchev–Trinajstić information content (AvgIpc) is 2.89. The number of carbonyl (C=O) groups is 2. The summed E-state index contributed by atoms with van der Waals surface area (Å²) in [5.74, 6) is 0.713. The Labute approximate surface area is 143 Å². The van der Waals surface area contributed by atoms with E-state index in [0.29, 0.717) is 12.2 Å². The lowest BCUT2D eigenvalue weighted by molar-refractivity contribution is -0.149. The van der Waals surface area contributed by atoms with Crippen LogP contribution in [-0.2, 0) is 14.3 Å². The number of esters is 1. The summed E-state index contributed by atoms with van der Waals surface area (Å²) >= 11 is 0. The Morgan fingerprint density at radius 2 is 2.00 bits per heavy atom. The molecule has 1 atom stereocenters. The molecule has 0 amide bonds. The van der Waals surface area contributed by atoms with Crippen molar-refractivity contribution in [3.05, 3.63) is 35.4 Å². The second-order valence-corrected chi connectivity index (χ2v) is 6.23. The van der Waals surface area contributed by atoms with Crippen LogP contribution in [0.25, 0.3) is 6.08 Å². The van der Waals surface area contributed by atoms with Crippen molar-refractivity contribution in [2.75, 3.05) is 27.4 Å². The lowest BCUT2D eigenvalue weighted by atomic mass is 10.0. The first kappa shape index (κ1) is 18.2. The summed E-state index contributed by atoms with van der Waals surface area (Å²) < 4.78 is 10.2. The highest BCUT2D eigenvalue weighted by molar-refractivity contribution is 6.03. The maximum Gasteiger partial charge on any atom is 0.308 e. The van der Waals surface area contributed by atoms with Gasteiger partial charge in [0.1, 0.15) is 5.75 Å². The largest absolute Gasteiger partial charge is 0.457 e. The van der Waals surface area contributed by atoms with Gasteiger partial charge in [0.25, 0.3) is 0 Å². The van der Waals surface area contributed by atoms with Gasteiger partial charge in [-0.1, -0.05) is 19.1 Å². The molecular formula is C19H25NO4. The number of ketones is 1. The van der Waals surface area contributed by atoms with Gasteiger partial charge in [0.15, 0.2) is 5.78 Å². The van der Waals surface area contributed by atoms with Crippen molar-refractivity contribution in [3.63, 3.8) is 0 Å². The normalized spacial score (nSPS) is 19.1. The molecule has 0 saturated heterocycles. The molecule has 0 spiro atoms. The van der Waals surface area contributed by atoms with Gasteiger partial charge >= 0.3 is 5.97 Å². The Morgan fingerprint density at radius 3 is 2.62 bits per heavy atom. The lowest BCUT2D eigenvalue weighted by Gasteiger charge is -2.13. The van der Waals surface area contributed by atoms with E-state index in [4.69, 9.17) is 9.47 Å². The molecule has 0 aromatic heterocycles. The molecular weight excluding hydrogens is 306 g/mol. The zero-order valence-corrected chi connectivity index (χ0v) is 14.6. The quantitative estimate of drug-likeness (QED) is 0.437. The Kier molecular flexibility index (Phi) is 6.55. The highest BCUT2D eigenvalue weighted by Gasteiger charge is 2.29. The minimum atomic E-state index is -0.289. The van der Waals surface area contributed by atoms with E-state index in [1.165, 1.54) is 0 Å². The maximum atomic E-state index is 12.4. The SMILES string of the molecule is CCC(=O)OCOc1ccc(/C=C2/CC[C@@H](CN(C)C)C2=O)cc1. The first-order chi connectivity index (χ1) is 11.5. The fourth-order valence-corrected chi connectivity index (χ4v) is 2.73. The van der Waals surface area contributed by atoms with E-state index in [9.17, 15) is 9.59 Å². The summed E-state index contributed by atoms with van der Waals surface area (Å²) in [6, 6.07) is 7.42. The molecule has 2 rings (SSSR count). The predicted molar refractivity (Wildman–Crippen MR) is 92.6 cm³/mol. The van der Waals surface area contributed by atoms with Gasteiger partial charge in [-0.2, -0.15) is 0 Å². The molecule has 0 bridgehead atoms. The van der Waals surface area contributed by atoms with E-state index in [-0.39, 0.29) is 24.5 Å². The molecule has 24 heavy (non-hydrogen) atoms. The zero-order chi connectivity index (χ0) is 17.5. The molecule has 1 saturated carbocycles. The Morgan fingerprint density at radius 1 is 1.29 bits per heavy atom. The second-order valence-electron chi connectivity index (χ2n) is 6.23.